The van der Waals surface area contributed by atoms with E-state index in [-0.39, 0.29) is 11.5 Å². The Balaban J connectivity index is 1.05. The predicted molar refractivity (Wildman–Crippen MR) is 221 cm³/mol. The fraction of sp³-hybridized carbons (Fsp3) is 0.423. The van der Waals surface area contributed by atoms with Gasteiger partial charge in [0.05, 0.1) is 17.6 Å². The molecule has 2 aromatic carbocycles. The van der Waals surface area contributed by atoms with Crippen molar-refractivity contribution in [2.24, 2.45) is 40.9 Å². The molecule has 12 rings (SSSR count). The number of allylic oxidation sites excluding steroid dienone is 15. The minimum atomic E-state index is -0.258. The zero-order valence-electron chi connectivity index (χ0n) is 32.0. The molecule has 2 nitrogen and oxygen atoms in total. The van der Waals surface area contributed by atoms with Crippen LogP contribution in [-0.2, 0) is 10.2 Å². The van der Waals surface area contributed by atoms with Gasteiger partial charge in [0.15, 0.2) is 0 Å². The Morgan fingerprint density at radius 2 is 1.69 bits per heavy atom. The quantitative estimate of drug-likeness (QED) is 0.295. The summed E-state index contributed by atoms with van der Waals surface area (Å²) in [5, 5.41) is 0. The van der Waals surface area contributed by atoms with Crippen LogP contribution < -0.4 is 4.90 Å². The Hall–Kier alpha value is -4.14. The van der Waals surface area contributed by atoms with E-state index in [2.05, 4.69) is 134 Å². The predicted octanol–water partition coefficient (Wildman–Crippen LogP) is 12.3. The van der Waals surface area contributed by atoms with Crippen molar-refractivity contribution in [3.8, 4) is 0 Å². The highest BCUT2D eigenvalue weighted by atomic mass is 16.5. The minimum absolute atomic E-state index is 0.127. The van der Waals surface area contributed by atoms with Gasteiger partial charge in [-0.2, -0.15) is 0 Å². The second kappa shape index (κ2) is 11.7. The third kappa shape index (κ3) is 4.16. The van der Waals surface area contributed by atoms with Crippen LogP contribution in [0.2, 0.25) is 0 Å². The third-order valence-electron chi connectivity index (χ3n) is 16.1. The normalized spacial score (nSPS) is 36.9. The number of fused-ring (bicyclic) bond motifs is 15. The largest absolute Gasteiger partial charge is 0.370 e. The van der Waals surface area contributed by atoms with E-state index < -0.39 is 0 Å². The summed E-state index contributed by atoms with van der Waals surface area (Å²) in [6.07, 6.45) is 42.0. The molecule has 9 unspecified atom stereocenters. The van der Waals surface area contributed by atoms with Crippen LogP contribution >= 0.6 is 0 Å². The van der Waals surface area contributed by atoms with Crippen molar-refractivity contribution >= 4 is 16.8 Å². The van der Waals surface area contributed by atoms with Crippen LogP contribution in [0.3, 0.4) is 0 Å². The molecule has 9 aliphatic carbocycles. The molecule has 0 aromatic heterocycles. The fourth-order valence-corrected chi connectivity index (χ4v) is 14.0. The highest BCUT2D eigenvalue weighted by molar-refractivity contribution is 6.01. The smallest absolute Gasteiger partial charge is 0.0852 e. The van der Waals surface area contributed by atoms with E-state index in [4.69, 9.17) is 4.74 Å². The lowest BCUT2D eigenvalue weighted by molar-refractivity contribution is 0.0524. The van der Waals surface area contributed by atoms with Crippen LogP contribution in [0.15, 0.2) is 138 Å². The van der Waals surface area contributed by atoms with Gasteiger partial charge in [0.1, 0.15) is 0 Å². The summed E-state index contributed by atoms with van der Waals surface area (Å²) in [4.78, 5) is 2.79. The van der Waals surface area contributed by atoms with Crippen LogP contribution in [-0.4, -0.2) is 12.2 Å². The van der Waals surface area contributed by atoms with Crippen LogP contribution in [0.1, 0.15) is 100 Å². The number of benzene rings is 2. The molecule has 1 heterocycles. The SMILES string of the molecule is CC1(C)C2C=CCCC2C2CC(N(C3=CC=CC4OC5CCC=CC5C34)c3ccc4c(c3)C3(C5=CCCC=C5c5ccccc53)C3=C4CCC=C3)=CCC21. The fourth-order valence-electron chi connectivity index (χ4n) is 14.0. The minimum Gasteiger partial charge on any atom is -0.370 e. The van der Waals surface area contributed by atoms with Gasteiger partial charge in [-0.15, -0.1) is 0 Å². The Kier molecular flexibility index (Phi) is 6.95. The van der Waals surface area contributed by atoms with Gasteiger partial charge in [-0.25, -0.2) is 0 Å². The van der Waals surface area contributed by atoms with Gasteiger partial charge in [-0.3, -0.25) is 0 Å². The molecule has 0 bridgehead atoms. The van der Waals surface area contributed by atoms with E-state index >= 15 is 0 Å². The van der Waals surface area contributed by atoms with Crippen molar-refractivity contribution < 1.29 is 4.74 Å². The molecule has 54 heavy (non-hydrogen) atoms. The average Bonchev–Trinajstić information content (AvgIpc) is 3.91. The number of ether oxygens (including phenoxy) is 1. The molecule has 0 N–H and O–H groups in total. The number of hydrogen-bond acceptors (Lipinski definition) is 2. The second-order valence-corrected chi connectivity index (χ2v) is 18.7. The van der Waals surface area contributed by atoms with Gasteiger partial charge in [-0.05, 0) is 156 Å². The van der Waals surface area contributed by atoms with Crippen LogP contribution in [0.5, 0.6) is 0 Å². The Bertz CT molecular complexity index is 2260. The van der Waals surface area contributed by atoms with Crippen molar-refractivity contribution in [3.05, 3.63) is 160 Å². The first-order valence-electron chi connectivity index (χ1n) is 21.5. The molecule has 1 saturated heterocycles. The standard InChI is InChI=1S/C52H53NO/c1-51(2)41-19-8-3-17-37(41)40-30-32(27-29-42(40)51)53(47-23-13-25-49-50(47)39-18-7-12-24-48(39)54-49)33-26-28-38-36-16-6-11-22-45(36)52(46(38)31-33)43-20-9-4-14-34(43)35-15-5-10-21-44(35)52/h4,7-9,11,13-15,18-23,25-28,31,37,39-42,48-50H,3,5-6,10,12,16-17,24,29-30H2,1-2H3. The summed E-state index contributed by atoms with van der Waals surface area (Å²) in [5.74, 6) is 3.66. The molecule has 1 spiro atoms. The van der Waals surface area contributed by atoms with Gasteiger partial charge < -0.3 is 9.64 Å². The van der Waals surface area contributed by atoms with E-state index in [0.29, 0.717) is 29.3 Å². The molecule has 0 amide bonds. The Morgan fingerprint density at radius 3 is 2.65 bits per heavy atom. The molecule has 2 heteroatoms. The first kappa shape index (κ1) is 32.1. The average molecular weight is 708 g/mol. The highest BCUT2D eigenvalue weighted by Gasteiger charge is 2.57. The molecule has 272 valence electrons. The third-order valence-corrected chi connectivity index (χ3v) is 16.1. The molecule has 1 aliphatic heterocycles. The highest BCUT2D eigenvalue weighted by Crippen LogP contribution is 2.66. The number of nitrogens with zero attached hydrogens (tertiary/aromatic N) is 1. The summed E-state index contributed by atoms with van der Waals surface area (Å²) in [5.41, 5.74) is 16.4. The van der Waals surface area contributed by atoms with Crippen molar-refractivity contribution in [1.82, 2.24) is 0 Å². The summed E-state index contributed by atoms with van der Waals surface area (Å²) >= 11 is 0. The van der Waals surface area contributed by atoms with Gasteiger partial charge >= 0.3 is 0 Å². The summed E-state index contributed by atoms with van der Waals surface area (Å²) in [6, 6.07) is 17.1. The van der Waals surface area contributed by atoms with Crippen molar-refractivity contribution in [3.63, 3.8) is 0 Å². The molecular weight excluding hydrogens is 655 g/mol. The van der Waals surface area contributed by atoms with Gasteiger partial charge in [0, 0.05) is 28.9 Å². The van der Waals surface area contributed by atoms with E-state index in [9.17, 15) is 0 Å². The molecule has 0 radical (unpaired) electrons. The topological polar surface area (TPSA) is 12.5 Å². The number of hydrogen-bond donors (Lipinski definition) is 0. The number of rotatable bonds is 3. The van der Waals surface area contributed by atoms with Crippen LogP contribution in [0, 0.1) is 40.9 Å². The lowest BCUT2D eigenvalue weighted by Crippen LogP contribution is -2.37. The zero-order valence-corrected chi connectivity index (χ0v) is 32.0. The van der Waals surface area contributed by atoms with Crippen molar-refractivity contribution in [1.29, 1.82) is 0 Å². The second-order valence-electron chi connectivity index (χ2n) is 18.7. The molecule has 9 atom stereocenters. The molecule has 1 saturated carbocycles. The first-order valence-corrected chi connectivity index (χ1v) is 21.5. The van der Waals surface area contributed by atoms with E-state index in [1.807, 2.05) is 0 Å². The van der Waals surface area contributed by atoms with E-state index in [1.54, 1.807) is 5.57 Å². The maximum Gasteiger partial charge on any atom is 0.0852 e. The van der Waals surface area contributed by atoms with Crippen molar-refractivity contribution in [2.75, 3.05) is 4.90 Å². The van der Waals surface area contributed by atoms with Crippen LogP contribution in [0.4, 0.5) is 5.69 Å². The molecule has 2 aromatic rings. The zero-order chi connectivity index (χ0) is 35.8. The molecule has 2 fully saturated rings. The Morgan fingerprint density at radius 1 is 0.796 bits per heavy atom. The monoisotopic (exact) mass is 707 g/mol. The van der Waals surface area contributed by atoms with Gasteiger partial charge in [0.25, 0.3) is 0 Å². The Labute approximate surface area is 322 Å². The lowest BCUT2D eigenvalue weighted by atomic mass is 9.68. The maximum absolute atomic E-state index is 6.89. The lowest BCUT2D eigenvalue weighted by Gasteiger charge is -2.42. The van der Waals surface area contributed by atoms with Gasteiger partial charge in [0.2, 0.25) is 0 Å². The maximum atomic E-state index is 6.89. The number of anilines is 1. The molecular formula is C52H53NO. The van der Waals surface area contributed by atoms with Crippen molar-refractivity contribution in [2.45, 2.75) is 95.7 Å². The summed E-state index contributed by atoms with van der Waals surface area (Å²) < 4.78 is 6.89. The van der Waals surface area contributed by atoms with Crippen LogP contribution in [0.25, 0.3) is 11.1 Å². The van der Waals surface area contributed by atoms with E-state index in [1.165, 1.54) is 75.3 Å². The van der Waals surface area contributed by atoms with Gasteiger partial charge in [-0.1, -0.05) is 111 Å². The summed E-state index contributed by atoms with van der Waals surface area (Å²) in [7, 11) is 0. The summed E-state index contributed by atoms with van der Waals surface area (Å²) in [6.45, 7) is 5.16. The molecule has 10 aliphatic rings. The first-order chi connectivity index (χ1) is 26.5. The van der Waals surface area contributed by atoms with E-state index in [0.717, 1.165) is 62.7 Å².